The average Bonchev–Trinajstić information content (AvgIpc) is 2.99. The van der Waals surface area contributed by atoms with E-state index in [0.29, 0.717) is 23.2 Å². The molecule has 0 aliphatic carbocycles. The molecule has 0 bridgehead atoms. The molecule has 0 aliphatic rings. The molecule has 0 spiro atoms. The molecule has 5 nitrogen and oxygen atoms in total. The van der Waals surface area contributed by atoms with Gasteiger partial charge in [0.05, 0.1) is 18.6 Å². The third-order valence-electron chi connectivity index (χ3n) is 2.43. The van der Waals surface area contributed by atoms with Gasteiger partial charge >= 0.3 is 0 Å². The van der Waals surface area contributed by atoms with Gasteiger partial charge in [0, 0.05) is 12.1 Å². The zero-order valence-electron chi connectivity index (χ0n) is 9.43. The molecule has 2 rings (SSSR count). The molecule has 0 saturated heterocycles. The van der Waals surface area contributed by atoms with Gasteiger partial charge < -0.3 is 19.3 Å². The number of hydrogen-bond donors (Lipinski definition) is 2. The van der Waals surface area contributed by atoms with E-state index in [1.165, 1.54) is 12.5 Å². The van der Waals surface area contributed by atoms with Crippen LogP contribution in [0.1, 0.15) is 28.6 Å². The number of rotatable bonds is 5. The summed E-state index contributed by atoms with van der Waals surface area (Å²) in [6, 6.07) is 4.91. The molecule has 1 amide bonds. The van der Waals surface area contributed by atoms with Gasteiger partial charge in [-0.05, 0) is 40.5 Å². The Morgan fingerprint density at radius 2 is 2.28 bits per heavy atom. The highest BCUT2D eigenvalue weighted by Crippen LogP contribution is 2.16. The van der Waals surface area contributed by atoms with Gasteiger partial charge in [-0.1, -0.05) is 0 Å². The fourth-order valence-corrected chi connectivity index (χ4v) is 1.78. The minimum Gasteiger partial charge on any atom is -0.472 e. The van der Waals surface area contributed by atoms with Crippen LogP contribution in [0.2, 0.25) is 0 Å². The summed E-state index contributed by atoms with van der Waals surface area (Å²) in [7, 11) is 0. The maximum atomic E-state index is 11.6. The first-order chi connectivity index (χ1) is 8.66. The van der Waals surface area contributed by atoms with Crippen molar-refractivity contribution in [1.82, 2.24) is 5.32 Å². The van der Waals surface area contributed by atoms with Gasteiger partial charge in [-0.3, -0.25) is 4.79 Å². The molecule has 18 heavy (non-hydrogen) atoms. The molecule has 2 aromatic rings. The maximum Gasteiger partial charge on any atom is 0.287 e. The van der Waals surface area contributed by atoms with Crippen molar-refractivity contribution in [3.05, 3.63) is 46.7 Å². The van der Waals surface area contributed by atoms with E-state index in [1.54, 1.807) is 18.2 Å². The summed E-state index contributed by atoms with van der Waals surface area (Å²) in [6.07, 6.45) is 2.74. The third kappa shape index (κ3) is 3.24. The summed E-state index contributed by atoms with van der Waals surface area (Å²) in [4.78, 5) is 11.6. The lowest BCUT2D eigenvalue weighted by Gasteiger charge is -2.08. The molecule has 96 valence electrons. The Morgan fingerprint density at radius 1 is 1.44 bits per heavy atom. The number of aliphatic hydroxyl groups is 1. The van der Waals surface area contributed by atoms with E-state index in [9.17, 15) is 9.90 Å². The number of halogens is 1. The van der Waals surface area contributed by atoms with E-state index in [-0.39, 0.29) is 11.7 Å². The molecule has 1 atom stereocenters. The first-order valence-corrected chi connectivity index (χ1v) is 6.20. The highest BCUT2D eigenvalue weighted by Gasteiger charge is 2.12. The van der Waals surface area contributed by atoms with Crippen LogP contribution in [0.5, 0.6) is 0 Å². The summed E-state index contributed by atoms with van der Waals surface area (Å²) >= 11 is 3.12. The summed E-state index contributed by atoms with van der Waals surface area (Å²) in [6.45, 7) is 0.351. The van der Waals surface area contributed by atoms with E-state index in [2.05, 4.69) is 21.2 Å². The van der Waals surface area contributed by atoms with Gasteiger partial charge in [0.2, 0.25) is 0 Å². The second kappa shape index (κ2) is 5.88. The number of carbonyl (C=O) groups excluding carboxylic acids is 1. The van der Waals surface area contributed by atoms with Gasteiger partial charge in [-0.15, -0.1) is 0 Å². The largest absolute Gasteiger partial charge is 0.472 e. The Morgan fingerprint density at radius 3 is 2.89 bits per heavy atom. The van der Waals surface area contributed by atoms with Gasteiger partial charge in [0.25, 0.3) is 5.91 Å². The smallest absolute Gasteiger partial charge is 0.287 e. The standard InChI is InChI=1S/C12H12BrNO4/c13-11-2-1-10(18-11)12(16)14-5-3-9(15)8-4-6-17-7-8/h1-2,4,6-7,9,15H,3,5H2,(H,14,16). The molecule has 2 N–H and O–H groups in total. The number of amides is 1. The normalized spacial score (nSPS) is 12.3. The van der Waals surface area contributed by atoms with Crippen molar-refractivity contribution in [2.24, 2.45) is 0 Å². The van der Waals surface area contributed by atoms with Crippen LogP contribution in [0.15, 0.2) is 44.2 Å². The van der Waals surface area contributed by atoms with E-state index in [4.69, 9.17) is 8.83 Å². The Hall–Kier alpha value is -1.53. The molecule has 2 aromatic heterocycles. The van der Waals surface area contributed by atoms with Gasteiger partial charge in [0.15, 0.2) is 10.4 Å². The molecule has 0 aliphatic heterocycles. The van der Waals surface area contributed by atoms with Crippen molar-refractivity contribution in [1.29, 1.82) is 0 Å². The highest BCUT2D eigenvalue weighted by molar-refractivity contribution is 9.10. The SMILES string of the molecule is O=C(NCCC(O)c1ccoc1)c1ccc(Br)o1. The third-order valence-corrected chi connectivity index (χ3v) is 2.85. The Balaban J connectivity index is 1.77. The Labute approximate surface area is 112 Å². The Kier molecular flexibility index (Phi) is 4.22. The molecular formula is C12H12BrNO4. The minimum absolute atomic E-state index is 0.236. The van der Waals surface area contributed by atoms with E-state index < -0.39 is 6.10 Å². The molecule has 0 aromatic carbocycles. The van der Waals surface area contributed by atoms with Crippen LogP contribution in [0.3, 0.4) is 0 Å². The zero-order chi connectivity index (χ0) is 13.0. The van der Waals surface area contributed by atoms with Crippen molar-refractivity contribution >= 4 is 21.8 Å². The van der Waals surface area contributed by atoms with Crippen molar-refractivity contribution in [2.75, 3.05) is 6.54 Å². The quantitative estimate of drug-likeness (QED) is 0.889. The molecule has 6 heteroatoms. The fourth-order valence-electron chi connectivity index (χ4n) is 1.48. The van der Waals surface area contributed by atoms with Crippen LogP contribution in [0, 0.1) is 0 Å². The minimum atomic E-state index is -0.646. The van der Waals surface area contributed by atoms with Crippen LogP contribution in [0.4, 0.5) is 0 Å². The molecule has 2 heterocycles. The lowest BCUT2D eigenvalue weighted by Crippen LogP contribution is -2.25. The van der Waals surface area contributed by atoms with Crippen molar-refractivity contribution < 1.29 is 18.7 Å². The predicted octanol–water partition coefficient (Wildman–Crippen LogP) is 2.49. The van der Waals surface area contributed by atoms with Crippen molar-refractivity contribution in [2.45, 2.75) is 12.5 Å². The molecular weight excluding hydrogens is 302 g/mol. The number of hydrogen-bond acceptors (Lipinski definition) is 4. The van der Waals surface area contributed by atoms with E-state index >= 15 is 0 Å². The van der Waals surface area contributed by atoms with Gasteiger partial charge in [0.1, 0.15) is 0 Å². The second-order valence-corrected chi connectivity index (χ2v) is 4.50. The highest BCUT2D eigenvalue weighted by atomic mass is 79.9. The lowest BCUT2D eigenvalue weighted by atomic mass is 10.1. The van der Waals surface area contributed by atoms with Gasteiger partial charge in [-0.25, -0.2) is 0 Å². The van der Waals surface area contributed by atoms with E-state index in [1.807, 2.05) is 0 Å². The molecule has 1 unspecified atom stereocenters. The maximum absolute atomic E-state index is 11.6. The number of carbonyl (C=O) groups is 1. The average molecular weight is 314 g/mol. The van der Waals surface area contributed by atoms with Crippen LogP contribution in [-0.2, 0) is 0 Å². The summed E-state index contributed by atoms with van der Waals surface area (Å²) in [5, 5.41) is 12.4. The van der Waals surface area contributed by atoms with Crippen LogP contribution >= 0.6 is 15.9 Å². The summed E-state index contributed by atoms with van der Waals surface area (Å²) < 4.78 is 10.5. The number of nitrogens with one attached hydrogen (secondary N) is 1. The first-order valence-electron chi connectivity index (χ1n) is 5.40. The monoisotopic (exact) mass is 313 g/mol. The number of furan rings is 2. The van der Waals surface area contributed by atoms with E-state index in [0.717, 1.165) is 0 Å². The predicted molar refractivity (Wildman–Crippen MR) is 67.0 cm³/mol. The number of aliphatic hydroxyl groups excluding tert-OH is 1. The topological polar surface area (TPSA) is 75.6 Å². The van der Waals surface area contributed by atoms with Crippen LogP contribution in [-0.4, -0.2) is 17.6 Å². The van der Waals surface area contributed by atoms with Crippen LogP contribution in [0.25, 0.3) is 0 Å². The zero-order valence-corrected chi connectivity index (χ0v) is 11.0. The summed E-state index contributed by atoms with van der Waals surface area (Å²) in [5.41, 5.74) is 0.699. The Bertz CT molecular complexity index is 506. The molecule has 0 saturated carbocycles. The first kappa shape index (κ1) is 12.9. The van der Waals surface area contributed by atoms with Crippen LogP contribution < -0.4 is 5.32 Å². The lowest BCUT2D eigenvalue weighted by molar-refractivity contribution is 0.0913. The van der Waals surface area contributed by atoms with Gasteiger partial charge in [-0.2, -0.15) is 0 Å². The van der Waals surface area contributed by atoms with Crippen molar-refractivity contribution in [3.63, 3.8) is 0 Å². The molecule has 0 fully saturated rings. The van der Waals surface area contributed by atoms with Crippen molar-refractivity contribution in [3.8, 4) is 0 Å². The summed E-state index contributed by atoms with van der Waals surface area (Å²) in [5.74, 6) is -0.0697. The fraction of sp³-hybridized carbons (Fsp3) is 0.250. The second-order valence-electron chi connectivity index (χ2n) is 3.72. The molecule has 0 radical (unpaired) electrons.